The molecule has 0 aliphatic carbocycles. The smallest absolute Gasteiger partial charge is 0.226 e. The summed E-state index contributed by atoms with van der Waals surface area (Å²) in [5.41, 5.74) is 0. The molecule has 0 saturated carbocycles. The van der Waals surface area contributed by atoms with Crippen molar-refractivity contribution in [3.05, 3.63) is 0 Å². The van der Waals surface area contributed by atoms with Crippen LogP contribution in [0.15, 0.2) is 0 Å². The minimum atomic E-state index is -0.117. The largest absolute Gasteiger partial charge is 0.353 e. The first-order valence-electron chi connectivity index (χ1n) is 6.60. The Morgan fingerprint density at radius 1 is 1.28 bits per heavy atom. The van der Waals surface area contributed by atoms with Crippen molar-refractivity contribution in [2.24, 2.45) is 11.8 Å². The van der Waals surface area contributed by atoms with Gasteiger partial charge in [0, 0.05) is 36.8 Å². The lowest BCUT2D eigenvalue weighted by Crippen LogP contribution is -2.48. The van der Waals surface area contributed by atoms with E-state index in [-0.39, 0.29) is 29.7 Å². The highest BCUT2D eigenvalue weighted by molar-refractivity contribution is 6.19. The minimum Gasteiger partial charge on any atom is -0.353 e. The molecule has 0 aromatic rings. The van der Waals surface area contributed by atoms with Gasteiger partial charge in [0.1, 0.15) is 0 Å². The summed E-state index contributed by atoms with van der Waals surface area (Å²) < 4.78 is 0. The van der Waals surface area contributed by atoms with Crippen LogP contribution in [-0.2, 0) is 9.59 Å². The van der Waals surface area contributed by atoms with E-state index < -0.39 is 0 Å². The molecule has 1 aliphatic rings. The van der Waals surface area contributed by atoms with Crippen molar-refractivity contribution in [1.82, 2.24) is 10.2 Å². The summed E-state index contributed by atoms with van der Waals surface area (Å²) in [6.45, 7) is 7.04. The fraction of sp³-hybridized carbons (Fsp3) is 0.846. The molecule has 1 aliphatic heterocycles. The molecule has 1 fully saturated rings. The summed E-state index contributed by atoms with van der Waals surface area (Å²) in [6.07, 6.45) is 1.67. The van der Waals surface area contributed by atoms with Crippen LogP contribution >= 0.6 is 11.6 Å². The highest BCUT2D eigenvalue weighted by atomic mass is 35.5. The van der Waals surface area contributed by atoms with Crippen molar-refractivity contribution >= 4 is 23.4 Å². The van der Waals surface area contributed by atoms with Crippen LogP contribution in [-0.4, -0.2) is 41.7 Å². The zero-order valence-corrected chi connectivity index (χ0v) is 12.2. The number of carbonyl (C=O) groups excluding carboxylic acids is 2. The summed E-state index contributed by atoms with van der Waals surface area (Å²) in [4.78, 5) is 25.3. The van der Waals surface area contributed by atoms with Gasteiger partial charge >= 0.3 is 0 Å². The number of rotatable bonds is 4. The van der Waals surface area contributed by atoms with Gasteiger partial charge in [-0.3, -0.25) is 9.59 Å². The molecule has 18 heavy (non-hydrogen) atoms. The third-order valence-corrected chi connectivity index (χ3v) is 3.79. The fourth-order valence-electron chi connectivity index (χ4n) is 1.99. The molecule has 1 heterocycles. The molecule has 1 rings (SSSR count). The maximum atomic E-state index is 11.9. The molecule has 1 atom stereocenters. The molecule has 0 aromatic carbocycles. The number of amides is 2. The number of piperidine rings is 1. The van der Waals surface area contributed by atoms with E-state index in [4.69, 9.17) is 11.6 Å². The summed E-state index contributed by atoms with van der Waals surface area (Å²) >= 11 is 5.69. The second-order valence-electron chi connectivity index (χ2n) is 5.32. The molecule has 2 amide bonds. The molecule has 5 heteroatoms. The SMILES string of the molecule is CC(C)C(=O)NC1CCN(C(=O)C(C)CCl)CC1. The van der Waals surface area contributed by atoms with Gasteiger partial charge in [0.15, 0.2) is 0 Å². The molecule has 4 nitrogen and oxygen atoms in total. The molecule has 1 saturated heterocycles. The van der Waals surface area contributed by atoms with E-state index in [0.717, 1.165) is 12.8 Å². The van der Waals surface area contributed by atoms with E-state index in [2.05, 4.69) is 5.32 Å². The standard InChI is InChI=1S/C13H23ClN2O2/c1-9(2)12(17)15-11-4-6-16(7-5-11)13(18)10(3)8-14/h9-11H,4-8H2,1-3H3,(H,15,17). The van der Waals surface area contributed by atoms with Crippen LogP contribution in [0.3, 0.4) is 0 Å². The number of nitrogens with one attached hydrogen (secondary N) is 1. The Morgan fingerprint density at radius 3 is 2.28 bits per heavy atom. The number of hydrogen-bond donors (Lipinski definition) is 1. The third kappa shape index (κ3) is 4.16. The van der Waals surface area contributed by atoms with Crippen LogP contribution < -0.4 is 5.32 Å². The van der Waals surface area contributed by atoms with Crippen LogP contribution in [0, 0.1) is 11.8 Å². The zero-order chi connectivity index (χ0) is 13.7. The average Bonchev–Trinajstić information content (AvgIpc) is 2.37. The van der Waals surface area contributed by atoms with Gasteiger partial charge in [0.05, 0.1) is 0 Å². The average molecular weight is 275 g/mol. The molecular formula is C13H23ClN2O2. The Hall–Kier alpha value is -0.770. The van der Waals surface area contributed by atoms with Crippen LogP contribution in [0.1, 0.15) is 33.6 Å². The molecule has 0 bridgehead atoms. The quantitative estimate of drug-likeness (QED) is 0.792. The van der Waals surface area contributed by atoms with Crippen LogP contribution in [0.2, 0.25) is 0 Å². The molecule has 0 aromatic heterocycles. The molecule has 0 radical (unpaired) electrons. The Labute approximate surface area is 114 Å². The highest BCUT2D eigenvalue weighted by Gasteiger charge is 2.26. The molecule has 1 N–H and O–H groups in total. The molecule has 0 spiro atoms. The number of alkyl halides is 1. The number of halogens is 1. The van der Waals surface area contributed by atoms with Gasteiger partial charge in [-0.1, -0.05) is 20.8 Å². The van der Waals surface area contributed by atoms with Crippen LogP contribution in [0.25, 0.3) is 0 Å². The Morgan fingerprint density at radius 2 is 1.83 bits per heavy atom. The summed E-state index contributed by atoms with van der Waals surface area (Å²) in [6, 6.07) is 0.204. The first-order chi connectivity index (χ1) is 8.45. The first kappa shape index (κ1) is 15.3. The van der Waals surface area contributed by atoms with Gasteiger partial charge in [-0.05, 0) is 12.8 Å². The zero-order valence-electron chi connectivity index (χ0n) is 11.4. The maximum Gasteiger partial charge on any atom is 0.226 e. The lowest BCUT2D eigenvalue weighted by Gasteiger charge is -2.34. The van der Waals surface area contributed by atoms with E-state index in [1.807, 2.05) is 25.7 Å². The Kier molecular flexibility index (Phi) is 5.93. The lowest BCUT2D eigenvalue weighted by atomic mass is 10.0. The van der Waals surface area contributed by atoms with Crippen molar-refractivity contribution in [3.63, 3.8) is 0 Å². The molecular weight excluding hydrogens is 252 g/mol. The fourth-order valence-corrected chi connectivity index (χ4v) is 2.12. The van der Waals surface area contributed by atoms with E-state index >= 15 is 0 Å². The predicted molar refractivity (Wildman–Crippen MR) is 72.5 cm³/mol. The minimum absolute atomic E-state index is 0.0148. The number of likely N-dealkylation sites (tertiary alicyclic amines) is 1. The molecule has 1 unspecified atom stereocenters. The monoisotopic (exact) mass is 274 g/mol. The summed E-state index contributed by atoms with van der Waals surface area (Å²) in [5.74, 6) is 0.477. The van der Waals surface area contributed by atoms with Crippen molar-refractivity contribution in [2.45, 2.75) is 39.7 Å². The van der Waals surface area contributed by atoms with Crippen LogP contribution in [0.5, 0.6) is 0 Å². The number of nitrogens with zero attached hydrogens (tertiary/aromatic N) is 1. The highest BCUT2D eigenvalue weighted by Crippen LogP contribution is 2.14. The van der Waals surface area contributed by atoms with Crippen molar-refractivity contribution in [2.75, 3.05) is 19.0 Å². The summed E-state index contributed by atoms with van der Waals surface area (Å²) in [5, 5.41) is 3.02. The Bertz CT molecular complexity index is 299. The number of carbonyl (C=O) groups is 2. The second kappa shape index (κ2) is 6.98. The van der Waals surface area contributed by atoms with Gasteiger partial charge < -0.3 is 10.2 Å². The Balaban J connectivity index is 2.37. The topological polar surface area (TPSA) is 49.4 Å². The summed E-state index contributed by atoms with van der Waals surface area (Å²) in [7, 11) is 0. The van der Waals surface area contributed by atoms with Gasteiger partial charge in [0.25, 0.3) is 0 Å². The lowest BCUT2D eigenvalue weighted by molar-refractivity contribution is -0.135. The van der Waals surface area contributed by atoms with Gasteiger partial charge in [-0.15, -0.1) is 11.6 Å². The predicted octanol–water partition coefficient (Wildman–Crippen LogP) is 1.62. The first-order valence-corrected chi connectivity index (χ1v) is 7.14. The van der Waals surface area contributed by atoms with Crippen molar-refractivity contribution < 1.29 is 9.59 Å². The van der Waals surface area contributed by atoms with E-state index in [9.17, 15) is 9.59 Å². The second-order valence-corrected chi connectivity index (χ2v) is 5.63. The van der Waals surface area contributed by atoms with Crippen molar-refractivity contribution in [3.8, 4) is 0 Å². The van der Waals surface area contributed by atoms with Crippen LogP contribution in [0.4, 0.5) is 0 Å². The van der Waals surface area contributed by atoms with Crippen molar-refractivity contribution in [1.29, 1.82) is 0 Å². The van der Waals surface area contributed by atoms with E-state index in [1.54, 1.807) is 0 Å². The third-order valence-electron chi connectivity index (χ3n) is 3.33. The van der Waals surface area contributed by atoms with E-state index in [0.29, 0.717) is 19.0 Å². The molecule has 104 valence electrons. The van der Waals surface area contributed by atoms with Gasteiger partial charge in [-0.25, -0.2) is 0 Å². The normalized spacial score (nSPS) is 18.8. The van der Waals surface area contributed by atoms with Gasteiger partial charge in [-0.2, -0.15) is 0 Å². The number of hydrogen-bond acceptors (Lipinski definition) is 2. The maximum absolute atomic E-state index is 11.9. The van der Waals surface area contributed by atoms with Gasteiger partial charge in [0.2, 0.25) is 11.8 Å². The van der Waals surface area contributed by atoms with E-state index in [1.165, 1.54) is 0 Å².